The summed E-state index contributed by atoms with van der Waals surface area (Å²) in [6.07, 6.45) is 1.57. The lowest BCUT2D eigenvalue weighted by Crippen LogP contribution is -2.40. The van der Waals surface area contributed by atoms with E-state index in [2.05, 4.69) is 10.3 Å². The molecule has 1 aliphatic heterocycles. The summed E-state index contributed by atoms with van der Waals surface area (Å²) in [6, 6.07) is 19.9. The van der Waals surface area contributed by atoms with Crippen LogP contribution < -0.4 is 29.7 Å². The van der Waals surface area contributed by atoms with Crippen molar-refractivity contribution in [1.29, 1.82) is 0 Å². The van der Waals surface area contributed by atoms with Gasteiger partial charge in [-0.2, -0.15) is 0 Å². The fourth-order valence-electron chi connectivity index (χ4n) is 4.52. The van der Waals surface area contributed by atoms with Gasteiger partial charge in [0.25, 0.3) is 11.5 Å². The molecule has 1 atom stereocenters. The number of nitro benzene ring substituents is 1. The maximum absolute atomic E-state index is 13.8. The molecule has 40 heavy (non-hydrogen) atoms. The quantitative estimate of drug-likeness (QED) is 0.273. The molecule has 0 spiro atoms. The number of aromatic nitrogens is 1. The van der Waals surface area contributed by atoms with Crippen LogP contribution in [0, 0.1) is 10.1 Å². The number of methoxy groups -OCH3 is 2. The van der Waals surface area contributed by atoms with E-state index in [0.29, 0.717) is 43.2 Å². The van der Waals surface area contributed by atoms with Gasteiger partial charge in [-0.05, 0) is 54.5 Å². The second kappa shape index (κ2) is 11.0. The van der Waals surface area contributed by atoms with Crippen LogP contribution in [0.1, 0.15) is 24.1 Å². The number of hydrogen-bond acceptors (Lipinski definition) is 8. The second-order valence-electron chi connectivity index (χ2n) is 8.86. The van der Waals surface area contributed by atoms with Crippen molar-refractivity contribution >= 4 is 34.7 Å². The number of thiazole rings is 1. The van der Waals surface area contributed by atoms with Gasteiger partial charge >= 0.3 is 5.69 Å². The van der Waals surface area contributed by atoms with Gasteiger partial charge in [-0.15, -0.1) is 0 Å². The van der Waals surface area contributed by atoms with Gasteiger partial charge in [0.1, 0.15) is 5.75 Å². The highest BCUT2D eigenvalue weighted by molar-refractivity contribution is 7.07. The third-order valence-electron chi connectivity index (χ3n) is 6.43. The van der Waals surface area contributed by atoms with Gasteiger partial charge in [-0.25, -0.2) is 4.99 Å². The first-order chi connectivity index (χ1) is 19.3. The fraction of sp³-hybridized carbons (Fsp3) is 0.138. The van der Waals surface area contributed by atoms with Crippen LogP contribution in [0.4, 0.5) is 11.4 Å². The number of hydrogen-bond donors (Lipinski definition) is 1. The molecule has 2 heterocycles. The highest BCUT2D eigenvalue weighted by Gasteiger charge is 2.32. The Morgan fingerprint density at radius 1 is 1.07 bits per heavy atom. The van der Waals surface area contributed by atoms with Crippen molar-refractivity contribution in [3.8, 4) is 11.5 Å². The van der Waals surface area contributed by atoms with E-state index in [9.17, 15) is 19.7 Å². The van der Waals surface area contributed by atoms with Crippen LogP contribution in [0.25, 0.3) is 6.08 Å². The molecule has 1 aromatic heterocycles. The normalized spacial score (nSPS) is 14.8. The molecule has 0 saturated carbocycles. The summed E-state index contributed by atoms with van der Waals surface area (Å²) in [7, 11) is 2.91. The number of nitrogens with zero attached hydrogens (tertiary/aromatic N) is 3. The van der Waals surface area contributed by atoms with E-state index in [4.69, 9.17) is 9.47 Å². The fourth-order valence-corrected chi connectivity index (χ4v) is 5.57. The van der Waals surface area contributed by atoms with Crippen LogP contribution in [-0.4, -0.2) is 29.6 Å². The lowest BCUT2D eigenvalue weighted by molar-refractivity contribution is -0.385. The summed E-state index contributed by atoms with van der Waals surface area (Å²) >= 11 is 1.15. The molecule has 1 amide bonds. The first-order valence-corrected chi connectivity index (χ1v) is 13.0. The van der Waals surface area contributed by atoms with Crippen LogP contribution in [0.2, 0.25) is 0 Å². The molecule has 202 valence electrons. The maximum atomic E-state index is 13.8. The van der Waals surface area contributed by atoms with Crippen LogP contribution in [0.15, 0.2) is 93.9 Å². The minimum atomic E-state index is -0.766. The number of allylic oxidation sites excluding steroid dienone is 1. The summed E-state index contributed by atoms with van der Waals surface area (Å²) in [5.74, 6) is 0.370. The molecule has 0 fully saturated rings. The van der Waals surface area contributed by atoms with Gasteiger partial charge in [0.15, 0.2) is 10.6 Å². The third-order valence-corrected chi connectivity index (χ3v) is 7.41. The standard InChI is InChI=1S/C29H24N4O6S/c1-17-25(27(34)31-20-7-5-4-6-8-20)26(19-10-12-21(38-2)13-11-19)32-28(35)24(40-29(32)30-17)16-18-9-14-23(39-3)22(15-18)33(36)37/h4-16,26H,1-3H3,(H,31,34)/b24-16+/t26-/m0/s1. The summed E-state index contributed by atoms with van der Waals surface area (Å²) in [5, 5.41) is 14.4. The van der Waals surface area contributed by atoms with Gasteiger partial charge in [0, 0.05) is 11.8 Å². The number of rotatable bonds is 7. The molecule has 1 N–H and O–H groups in total. The van der Waals surface area contributed by atoms with Crippen molar-refractivity contribution in [3.63, 3.8) is 0 Å². The number of nitro groups is 1. The Bertz CT molecular complexity index is 1820. The summed E-state index contributed by atoms with van der Waals surface area (Å²) in [4.78, 5) is 43.5. The zero-order valence-corrected chi connectivity index (χ0v) is 22.6. The average molecular weight is 557 g/mol. The molecule has 10 nitrogen and oxygen atoms in total. The van der Waals surface area contributed by atoms with Gasteiger partial charge in [-0.3, -0.25) is 24.3 Å². The van der Waals surface area contributed by atoms with E-state index in [1.54, 1.807) is 50.4 Å². The molecule has 0 radical (unpaired) electrons. The first kappa shape index (κ1) is 26.6. The molecule has 3 aromatic carbocycles. The largest absolute Gasteiger partial charge is 0.497 e. The predicted octanol–water partition coefficient (Wildman–Crippen LogP) is 3.80. The number of amides is 1. The molecule has 5 rings (SSSR count). The maximum Gasteiger partial charge on any atom is 0.311 e. The summed E-state index contributed by atoms with van der Waals surface area (Å²) < 4.78 is 12.2. The molecular formula is C29H24N4O6S. The van der Waals surface area contributed by atoms with Gasteiger partial charge in [0.2, 0.25) is 0 Å². The number of para-hydroxylation sites is 1. The number of carbonyl (C=O) groups excluding carboxylic acids is 1. The summed E-state index contributed by atoms with van der Waals surface area (Å²) in [6.45, 7) is 1.74. The molecule has 0 saturated heterocycles. The Morgan fingerprint density at radius 2 is 1.80 bits per heavy atom. The summed E-state index contributed by atoms with van der Waals surface area (Å²) in [5.41, 5.74) is 1.98. The van der Waals surface area contributed by atoms with Crippen LogP contribution in [0.3, 0.4) is 0 Å². The van der Waals surface area contributed by atoms with Crippen LogP contribution >= 0.6 is 11.3 Å². The lowest BCUT2D eigenvalue weighted by atomic mass is 9.95. The highest BCUT2D eigenvalue weighted by atomic mass is 32.1. The number of benzene rings is 3. The van der Waals surface area contributed by atoms with Crippen molar-refractivity contribution in [2.75, 3.05) is 19.5 Å². The van der Waals surface area contributed by atoms with E-state index in [1.807, 2.05) is 30.3 Å². The Hall–Kier alpha value is -5.03. The highest BCUT2D eigenvalue weighted by Crippen LogP contribution is 2.32. The third kappa shape index (κ3) is 5.02. The topological polar surface area (TPSA) is 125 Å². The molecule has 1 aliphatic rings. The first-order valence-electron chi connectivity index (χ1n) is 12.2. The van der Waals surface area contributed by atoms with Crippen molar-refractivity contribution in [3.05, 3.63) is 125 Å². The number of carbonyl (C=O) groups is 1. The average Bonchev–Trinajstić information content (AvgIpc) is 3.26. The second-order valence-corrected chi connectivity index (χ2v) is 9.87. The lowest BCUT2D eigenvalue weighted by Gasteiger charge is -2.25. The zero-order chi connectivity index (χ0) is 28.4. The van der Waals surface area contributed by atoms with E-state index in [0.717, 1.165) is 11.3 Å². The molecule has 0 aliphatic carbocycles. The van der Waals surface area contributed by atoms with Crippen LogP contribution in [-0.2, 0) is 4.79 Å². The molecule has 4 aromatic rings. The van der Waals surface area contributed by atoms with Crippen molar-refractivity contribution in [1.82, 2.24) is 4.57 Å². The number of nitrogens with one attached hydrogen (secondary N) is 1. The van der Waals surface area contributed by atoms with E-state index in [-0.39, 0.29) is 22.9 Å². The van der Waals surface area contributed by atoms with Gasteiger partial charge in [-0.1, -0.05) is 47.7 Å². The minimum absolute atomic E-state index is 0.118. The van der Waals surface area contributed by atoms with E-state index in [1.165, 1.54) is 23.8 Å². The van der Waals surface area contributed by atoms with E-state index >= 15 is 0 Å². The Labute approximate surface area is 232 Å². The number of anilines is 1. The molecule has 0 bridgehead atoms. The van der Waals surface area contributed by atoms with E-state index < -0.39 is 11.0 Å². The van der Waals surface area contributed by atoms with Crippen LogP contribution in [0.5, 0.6) is 11.5 Å². The monoisotopic (exact) mass is 556 g/mol. The predicted molar refractivity (Wildman–Crippen MR) is 151 cm³/mol. The van der Waals surface area contributed by atoms with Crippen molar-refractivity contribution in [2.24, 2.45) is 4.99 Å². The SMILES string of the molecule is COc1ccc([C@H]2C(C(=O)Nc3ccccc3)=C(C)N=c3s/c(=C/c4ccc(OC)c([N+](=O)[O-])c4)c(=O)n32)cc1. The Balaban J connectivity index is 1.66. The Morgan fingerprint density at radius 3 is 2.45 bits per heavy atom. The van der Waals surface area contributed by atoms with Crippen molar-refractivity contribution in [2.45, 2.75) is 13.0 Å². The zero-order valence-electron chi connectivity index (χ0n) is 21.8. The minimum Gasteiger partial charge on any atom is -0.497 e. The molecule has 0 unspecified atom stereocenters. The Kier molecular flexibility index (Phi) is 7.30. The smallest absolute Gasteiger partial charge is 0.311 e. The van der Waals surface area contributed by atoms with Gasteiger partial charge < -0.3 is 14.8 Å². The molecule has 11 heteroatoms. The number of fused-ring (bicyclic) bond motifs is 1. The van der Waals surface area contributed by atoms with Crippen molar-refractivity contribution < 1.29 is 19.2 Å². The number of ether oxygens (including phenoxy) is 2. The van der Waals surface area contributed by atoms with Gasteiger partial charge in [0.05, 0.1) is 41.0 Å². The molecular weight excluding hydrogens is 532 g/mol.